The topological polar surface area (TPSA) is 104 Å². The lowest BCUT2D eigenvalue weighted by Gasteiger charge is -2.12. The molecule has 0 fully saturated rings. The molecule has 0 aliphatic heterocycles. The van der Waals surface area contributed by atoms with Gasteiger partial charge in [-0.2, -0.15) is 4.99 Å². The highest BCUT2D eigenvalue weighted by molar-refractivity contribution is 6.36. The minimum atomic E-state index is -0.627. The molecule has 132 valence electrons. The number of nitrogens with zero attached hydrogens (tertiary/aromatic N) is 2. The Morgan fingerprint density at radius 3 is 2.69 bits per heavy atom. The number of hydrogen-bond acceptors (Lipinski definition) is 3. The first-order valence-electron chi connectivity index (χ1n) is 7.47. The molecule has 0 aliphatic rings. The Balaban J connectivity index is 2.32. The predicted molar refractivity (Wildman–Crippen MR) is 98.8 cm³/mol. The Hall–Kier alpha value is -3.19. The van der Waals surface area contributed by atoms with Crippen molar-refractivity contribution in [2.75, 3.05) is 7.11 Å². The lowest BCUT2D eigenvalue weighted by atomic mass is 10.0. The number of hydrogen-bond donors (Lipinski definition) is 2. The van der Waals surface area contributed by atoms with Gasteiger partial charge in [-0.25, -0.2) is 4.39 Å². The van der Waals surface area contributed by atoms with E-state index in [2.05, 4.69) is 9.98 Å². The third-order valence-electron chi connectivity index (χ3n) is 3.75. The van der Waals surface area contributed by atoms with Crippen LogP contribution >= 0.6 is 11.6 Å². The van der Waals surface area contributed by atoms with Crippen LogP contribution in [0.2, 0.25) is 5.02 Å². The number of amides is 1. The van der Waals surface area contributed by atoms with E-state index in [1.54, 1.807) is 12.1 Å². The Bertz CT molecular complexity index is 1050. The first-order valence-corrected chi connectivity index (χ1v) is 7.85. The molecule has 0 radical (unpaired) electrons. The van der Waals surface area contributed by atoms with Crippen LogP contribution in [0.5, 0.6) is 5.75 Å². The highest BCUT2D eigenvalue weighted by atomic mass is 35.5. The van der Waals surface area contributed by atoms with Crippen molar-refractivity contribution in [1.29, 1.82) is 0 Å². The van der Waals surface area contributed by atoms with E-state index in [1.807, 2.05) is 0 Å². The van der Waals surface area contributed by atoms with Gasteiger partial charge in [-0.1, -0.05) is 23.7 Å². The zero-order valence-corrected chi connectivity index (χ0v) is 14.4. The first-order chi connectivity index (χ1) is 12.4. The molecule has 8 heteroatoms. The van der Waals surface area contributed by atoms with Crippen LogP contribution in [0.1, 0.15) is 10.4 Å². The summed E-state index contributed by atoms with van der Waals surface area (Å²) in [6.45, 7) is 0. The molecule has 0 spiro atoms. The van der Waals surface area contributed by atoms with Crippen molar-refractivity contribution in [2.24, 2.45) is 16.5 Å². The van der Waals surface area contributed by atoms with Crippen LogP contribution in [0.3, 0.4) is 0 Å². The van der Waals surface area contributed by atoms with E-state index in [4.69, 9.17) is 27.8 Å². The number of carbonyl (C=O) groups excluding carboxylic acids is 1. The summed E-state index contributed by atoms with van der Waals surface area (Å²) < 4.78 is 19.8. The molecular formula is C18H14ClFN4O2. The van der Waals surface area contributed by atoms with Gasteiger partial charge in [-0.3, -0.25) is 9.78 Å². The van der Waals surface area contributed by atoms with Crippen molar-refractivity contribution in [3.05, 3.63) is 59.0 Å². The van der Waals surface area contributed by atoms with Gasteiger partial charge in [0.05, 0.1) is 23.4 Å². The monoisotopic (exact) mass is 372 g/mol. The second kappa shape index (κ2) is 6.97. The molecule has 0 atom stereocenters. The average molecular weight is 373 g/mol. The lowest BCUT2D eigenvalue weighted by molar-refractivity contribution is 0.100. The number of guanidine groups is 1. The van der Waals surface area contributed by atoms with Crippen molar-refractivity contribution >= 4 is 34.2 Å². The van der Waals surface area contributed by atoms with Crippen LogP contribution in [0, 0.1) is 5.82 Å². The van der Waals surface area contributed by atoms with Gasteiger partial charge in [0.2, 0.25) is 0 Å². The Kier molecular flexibility index (Phi) is 4.73. The number of halogens is 2. The molecular weight excluding hydrogens is 359 g/mol. The fourth-order valence-electron chi connectivity index (χ4n) is 2.63. The maximum absolute atomic E-state index is 14.5. The van der Waals surface area contributed by atoms with E-state index >= 15 is 0 Å². The summed E-state index contributed by atoms with van der Waals surface area (Å²) in [5.41, 5.74) is 11.2. The fraction of sp³-hybridized carbons (Fsp3) is 0.0556. The number of carbonyl (C=O) groups is 1. The second-order valence-corrected chi connectivity index (χ2v) is 5.78. The van der Waals surface area contributed by atoms with Crippen molar-refractivity contribution < 1.29 is 13.9 Å². The molecule has 6 nitrogen and oxygen atoms in total. The van der Waals surface area contributed by atoms with E-state index in [-0.39, 0.29) is 17.1 Å². The van der Waals surface area contributed by atoms with Crippen molar-refractivity contribution in [1.82, 2.24) is 4.98 Å². The largest absolute Gasteiger partial charge is 0.496 e. The molecule has 0 saturated carbocycles. The number of rotatable bonds is 3. The molecule has 1 amide bonds. The molecule has 3 aromatic rings. The third kappa shape index (κ3) is 3.16. The van der Waals surface area contributed by atoms with Gasteiger partial charge >= 0.3 is 0 Å². The number of fused-ring (bicyclic) bond motifs is 1. The molecule has 0 unspecified atom stereocenters. The summed E-state index contributed by atoms with van der Waals surface area (Å²) in [6.07, 6.45) is 1.42. The van der Waals surface area contributed by atoms with Crippen LogP contribution in [0.25, 0.3) is 22.0 Å². The minimum absolute atomic E-state index is 0.170. The standard InChI is InChI=1S/C18H14ClFN4O2/c1-26-14-4-2-3-13(20)15(14)16-11-7-9(17(25)24-18(21)22)5-6-10(11)12(19)8-23-16/h2-8H,1H3,(H4,21,22,24,25). The van der Waals surface area contributed by atoms with Gasteiger partial charge in [-0.15, -0.1) is 0 Å². The number of aromatic nitrogens is 1. The van der Waals surface area contributed by atoms with Gasteiger partial charge in [-0.05, 0) is 24.3 Å². The summed E-state index contributed by atoms with van der Waals surface area (Å²) in [4.78, 5) is 19.9. The zero-order valence-electron chi connectivity index (χ0n) is 13.7. The van der Waals surface area contributed by atoms with E-state index in [9.17, 15) is 9.18 Å². The summed E-state index contributed by atoms with van der Waals surface area (Å²) in [6, 6.07) is 9.13. The van der Waals surface area contributed by atoms with Gasteiger partial charge in [0.1, 0.15) is 11.6 Å². The first kappa shape index (κ1) is 17.6. The summed E-state index contributed by atoms with van der Waals surface area (Å²) in [5.74, 6) is -1.18. The van der Waals surface area contributed by atoms with Crippen LogP contribution in [-0.4, -0.2) is 24.0 Å². The van der Waals surface area contributed by atoms with E-state index in [0.717, 1.165) is 0 Å². The Morgan fingerprint density at radius 1 is 1.23 bits per heavy atom. The normalized spacial score (nSPS) is 10.6. The van der Waals surface area contributed by atoms with Gasteiger partial charge in [0, 0.05) is 22.5 Å². The number of benzene rings is 2. The molecule has 2 aromatic carbocycles. The van der Waals surface area contributed by atoms with Crippen molar-refractivity contribution in [3.63, 3.8) is 0 Å². The Morgan fingerprint density at radius 2 is 2.00 bits per heavy atom. The molecule has 1 heterocycles. The number of ether oxygens (including phenoxy) is 1. The van der Waals surface area contributed by atoms with Crippen LogP contribution < -0.4 is 16.2 Å². The average Bonchev–Trinajstić information content (AvgIpc) is 2.61. The van der Waals surface area contributed by atoms with Crippen LogP contribution in [-0.2, 0) is 0 Å². The molecule has 26 heavy (non-hydrogen) atoms. The lowest BCUT2D eigenvalue weighted by Crippen LogP contribution is -2.24. The maximum Gasteiger partial charge on any atom is 0.280 e. The highest BCUT2D eigenvalue weighted by Gasteiger charge is 2.18. The smallest absolute Gasteiger partial charge is 0.280 e. The quantitative estimate of drug-likeness (QED) is 0.543. The van der Waals surface area contributed by atoms with Crippen molar-refractivity contribution in [3.8, 4) is 17.0 Å². The summed E-state index contributed by atoms with van der Waals surface area (Å²) in [7, 11) is 1.43. The summed E-state index contributed by atoms with van der Waals surface area (Å²) in [5, 5.41) is 1.43. The maximum atomic E-state index is 14.5. The molecule has 0 saturated heterocycles. The minimum Gasteiger partial charge on any atom is -0.496 e. The van der Waals surface area contributed by atoms with E-state index in [0.29, 0.717) is 27.2 Å². The number of methoxy groups -OCH3 is 1. The van der Waals surface area contributed by atoms with Gasteiger partial charge in [0.25, 0.3) is 5.91 Å². The fourth-order valence-corrected chi connectivity index (χ4v) is 2.84. The van der Waals surface area contributed by atoms with Crippen LogP contribution in [0.4, 0.5) is 4.39 Å². The molecule has 4 N–H and O–H groups in total. The third-order valence-corrected chi connectivity index (χ3v) is 4.05. The summed E-state index contributed by atoms with van der Waals surface area (Å²) >= 11 is 6.21. The molecule has 1 aromatic heterocycles. The van der Waals surface area contributed by atoms with E-state index < -0.39 is 11.7 Å². The predicted octanol–water partition coefficient (Wildman–Crippen LogP) is 3.12. The molecule has 3 rings (SSSR count). The van der Waals surface area contributed by atoms with Gasteiger partial charge < -0.3 is 16.2 Å². The second-order valence-electron chi connectivity index (χ2n) is 5.37. The number of nitrogens with two attached hydrogens (primary N) is 2. The van der Waals surface area contributed by atoms with E-state index in [1.165, 1.54) is 37.6 Å². The number of pyridine rings is 1. The highest BCUT2D eigenvalue weighted by Crippen LogP contribution is 2.37. The zero-order chi connectivity index (χ0) is 18.8. The van der Waals surface area contributed by atoms with Gasteiger partial charge in [0.15, 0.2) is 5.96 Å². The van der Waals surface area contributed by atoms with Crippen molar-refractivity contribution in [2.45, 2.75) is 0 Å². The molecule has 0 aliphatic carbocycles. The van der Waals surface area contributed by atoms with Crippen LogP contribution in [0.15, 0.2) is 47.6 Å². The SMILES string of the molecule is COc1cccc(F)c1-c1ncc(Cl)c2ccc(C(=O)N=C(N)N)cc12. The molecule has 0 bridgehead atoms. The number of aliphatic imine (C=N–C) groups is 1. The Labute approximate surface area is 153 Å².